The van der Waals surface area contributed by atoms with E-state index in [0.29, 0.717) is 5.02 Å². The lowest BCUT2D eigenvalue weighted by atomic mass is 9.95. The van der Waals surface area contributed by atoms with Crippen molar-refractivity contribution in [2.75, 3.05) is 17.1 Å². The molecule has 2 amide bonds. The van der Waals surface area contributed by atoms with Crippen molar-refractivity contribution in [2.45, 2.75) is 57.7 Å². The minimum atomic E-state index is -3.88. The molecule has 0 spiro atoms. The molecule has 36 heavy (non-hydrogen) atoms. The fourth-order valence-corrected chi connectivity index (χ4v) is 5.90. The molecule has 2 aromatic carbocycles. The molecule has 3 rings (SSSR count). The third-order valence-corrected chi connectivity index (χ3v) is 8.44. The van der Waals surface area contributed by atoms with Gasteiger partial charge in [-0.1, -0.05) is 70.5 Å². The van der Waals surface area contributed by atoms with Crippen LogP contribution in [-0.4, -0.2) is 50.0 Å². The zero-order valence-electron chi connectivity index (χ0n) is 20.2. The maximum absolute atomic E-state index is 13.6. The van der Waals surface area contributed by atoms with Crippen molar-refractivity contribution >= 4 is 66.7 Å². The number of anilines is 1. The van der Waals surface area contributed by atoms with E-state index < -0.39 is 28.5 Å². The average Bonchev–Trinajstić information content (AvgIpc) is 2.82. The Bertz CT molecular complexity index is 1190. The van der Waals surface area contributed by atoms with Gasteiger partial charge in [-0.2, -0.15) is 0 Å². The quantitative estimate of drug-likeness (QED) is 0.408. The number of sulfonamides is 1. The molecule has 1 atom stereocenters. The largest absolute Gasteiger partial charge is 0.352 e. The minimum absolute atomic E-state index is 0.0822. The van der Waals surface area contributed by atoms with Crippen molar-refractivity contribution in [3.05, 3.63) is 62.5 Å². The number of nitrogens with zero attached hydrogens (tertiary/aromatic N) is 2. The van der Waals surface area contributed by atoms with E-state index in [0.717, 1.165) is 52.7 Å². The van der Waals surface area contributed by atoms with Gasteiger partial charge in [0.05, 0.1) is 17.0 Å². The Morgan fingerprint density at radius 1 is 1.08 bits per heavy atom. The van der Waals surface area contributed by atoms with E-state index in [-0.39, 0.29) is 29.2 Å². The van der Waals surface area contributed by atoms with Crippen LogP contribution < -0.4 is 9.62 Å². The van der Waals surface area contributed by atoms with Gasteiger partial charge in [0, 0.05) is 22.1 Å². The van der Waals surface area contributed by atoms with E-state index in [1.165, 1.54) is 23.1 Å². The van der Waals surface area contributed by atoms with Gasteiger partial charge in [0.1, 0.15) is 12.6 Å². The van der Waals surface area contributed by atoms with E-state index >= 15 is 0 Å². The standard InChI is InChI=1S/C25H30BrCl2N3O4S/c1-17(25(33)29-21-6-4-3-5-7-21)30(15-18-8-10-19(26)11-9-18)24(32)16-31(36(2,34)35)23-13-12-20(27)14-22(23)28/h8-14,17,21H,3-7,15-16H2,1-2H3,(H,29,33)/t17-/m1/s1. The highest BCUT2D eigenvalue weighted by molar-refractivity contribution is 9.10. The molecule has 0 aliphatic heterocycles. The molecule has 0 aromatic heterocycles. The third-order valence-electron chi connectivity index (χ3n) is 6.24. The van der Waals surface area contributed by atoms with Crippen molar-refractivity contribution in [1.82, 2.24) is 10.2 Å². The molecule has 2 aromatic rings. The number of hydrogen-bond donors (Lipinski definition) is 1. The Kier molecular flexibility index (Phi) is 10.1. The number of rotatable bonds is 9. The summed E-state index contributed by atoms with van der Waals surface area (Å²) in [6.07, 6.45) is 6.11. The van der Waals surface area contributed by atoms with Gasteiger partial charge in [0.15, 0.2) is 0 Å². The molecule has 0 radical (unpaired) electrons. The van der Waals surface area contributed by atoms with Crippen molar-refractivity contribution in [3.63, 3.8) is 0 Å². The number of benzene rings is 2. The van der Waals surface area contributed by atoms with Crippen molar-refractivity contribution in [2.24, 2.45) is 0 Å². The maximum atomic E-state index is 13.6. The van der Waals surface area contributed by atoms with Crippen LogP contribution in [0.5, 0.6) is 0 Å². The normalized spacial score (nSPS) is 15.2. The van der Waals surface area contributed by atoms with Crippen molar-refractivity contribution in [1.29, 1.82) is 0 Å². The monoisotopic (exact) mass is 617 g/mol. The second-order valence-corrected chi connectivity index (χ2v) is 12.7. The van der Waals surface area contributed by atoms with Gasteiger partial charge < -0.3 is 10.2 Å². The first kappa shape index (κ1) is 28.8. The topological polar surface area (TPSA) is 86.8 Å². The van der Waals surface area contributed by atoms with Crippen LogP contribution in [-0.2, 0) is 26.2 Å². The van der Waals surface area contributed by atoms with Gasteiger partial charge in [0.25, 0.3) is 0 Å². The number of carbonyl (C=O) groups excluding carboxylic acids is 2. The second-order valence-electron chi connectivity index (χ2n) is 9.03. The van der Waals surface area contributed by atoms with E-state index in [2.05, 4.69) is 21.2 Å². The van der Waals surface area contributed by atoms with Crippen molar-refractivity contribution in [3.8, 4) is 0 Å². The zero-order chi connectivity index (χ0) is 26.5. The van der Waals surface area contributed by atoms with Crippen LogP contribution in [0.1, 0.15) is 44.6 Å². The number of carbonyl (C=O) groups is 2. The molecule has 0 unspecified atom stereocenters. The van der Waals surface area contributed by atoms with E-state index in [4.69, 9.17) is 23.2 Å². The summed E-state index contributed by atoms with van der Waals surface area (Å²) in [6, 6.07) is 11.0. The van der Waals surface area contributed by atoms with Gasteiger partial charge in [-0.05, 0) is 55.7 Å². The van der Waals surface area contributed by atoms with Crippen LogP contribution in [0, 0.1) is 0 Å². The summed E-state index contributed by atoms with van der Waals surface area (Å²) in [7, 11) is -3.88. The molecule has 1 fully saturated rings. The number of nitrogens with one attached hydrogen (secondary N) is 1. The summed E-state index contributed by atoms with van der Waals surface area (Å²) in [4.78, 5) is 28.2. The molecule has 1 saturated carbocycles. The second kappa shape index (κ2) is 12.6. The van der Waals surface area contributed by atoms with Gasteiger partial charge in [-0.3, -0.25) is 13.9 Å². The molecular weight excluding hydrogens is 589 g/mol. The predicted octanol–water partition coefficient (Wildman–Crippen LogP) is 5.39. The third kappa shape index (κ3) is 7.84. The number of halogens is 3. The lowest BCUT2D eigenvalue weighted by Crippen LogP contribution is -2.53. The van der Waals surface area contributed by atoms with Crippen LogP contribution >= 0.6 is 39.1 Å². The number of hydrogen-bond acceptors (Lipinski definition) is 4. The summed E-state index contributed by atoms with van der Waals surface area (Å²) >= 11 is 15.7. The molecular formula is C25H30BrCl2N3O4S. The van der Waals surface area contributed by atoms with Crippen LogP contribution in [0.3, 0.4) is 0 Å². The molecule has 1 N–H and O–H groups in total. The summed E-state index contributed by atoms with van der Waals surface area (Å²) in [5, 5.41) is 3.51. The summed E-state index contributed by atoms with van der Waals surface area (Å²) < 4.78 is 27.2. The Labute approximate surface area is 231 Å². The van der Waals surface area contributed by atoms with Gasteiger partial charge in [0.2, 0.25) is 21.8 Å². The molecule has 11 heteroatoms. The molecule has 0 saturated heterocycles. The van der Waals surface area contributed by atoms with Gasteiger partial charge in [-0.25, -0.2) is 8.42 Å². The highest BCUT2D eigenvalue weighted by atomic mass is 79.9. The zero-order valence-corrected chi connectivity index (χ0v) is 24.1. The summed E-state index contributed by atoms with van der Waals surface area (Å²) in [5.74, 6) is -0.788. The lowest BCUT2D eigenvalue weighted by molar-refractivity contribution is -0.139. The highest BCUT2D eigenvalue weighted by Crippen LogP contribution is 2.30. The molecule has 7 nitrogen and oxygen atoms in total. The predicted molar refractivity (Wildman–Crippen MR) is 148 cm³/mol. The maximum Gasteiger partial charge on any atom is 0.244 e. The van der Waals surface area contributed by atoms with Crippen LogP contribution in [0.15, 0.2) is 46.9 Å². The number of amides is 2. The van der Waals surface area contributed by atoms with E-state index in [1.807, 2.05) is 24.3 Å². The lowest BCUT2D eigenvalue weighted by Gasteiger charge is -2.33. The smallest absolute Gasteiger partial charge is 0.244 e. The Morgan fingerprint density at radius 3 is 2.31 bits per heavy atom. The SMILES string of the molecule is C[C@H](C(=O)NC1CCCCC1)N(Cc1ccc(Br)cc1)C(=O)CN(c1ccc(Cl)cc1Cl)S(C)(=O)=O. The molecule has 0 bridgehead atoms. The first-order valence-corrected chi connectivity index (χ1v) is 15.1. The van der Waals surface area contributed by atoms with Crippen molar-refractivity contribution < 1.29 is 18.0 Å². The van der Waals surface area contributed by atoms with Crippen LogP contribution in [0.25, 0.3) is 0 Å². The fourth-order valence-electron chi connectivity index (χ4n) is 4.22. The first-order chi connectivity index (χ1) is 17.0. The fraction of sp³-hybridized carbons (Fsp3) is 0.440. The Morgan fingerprint density at radius 2 is 1.72 bits per heavy atom. The van der Waals surface area contributed by atoms with Gasteiger partial charge in [-0.15, -0.1) is 0 Å². The summed E-state index contributed by atoms with van der Waals surface area (Å²) in [6.45, 7) is 1.28. The average molecular weight is 619 g/mol. The van der Waals surface area contributed by atoms with Crippen LogP contribution in [0.4, 0.5) is 5.69 Å². The van der Waals surface area contributed by atoms with E-state index in [9.17, 15) is 18.0 Å². The van der Waals surface area contributed by atoms with E-state index in [1.54, 1.807) is 6.92 Å². The molecule has 196 valence electrons. The molecule has 0 heterocycles. The minimum Gasteiger partial charge on any atom is -0.352 e. The Balaban J connectivity index is 1.88. The molecule has 1 aliphatic carbocycles. The van der Waals surface area contributed by atoms with Crippen LogP contribution in [0.2, 0.25) is 10.0 Å². The highest BCUT2D eigenvalue weighted by Gasteiger charge is 2.31. The first-order valence-electron chi connectivity index (χ1n) is 11.7. The summed E-state index contributed by atoms with van der Waals surface area (Å²) in [5.41, 5.74) is 0.944. The van der Waals surface area contributed by atoms with Gasteiger partial charge >= 0.3 is 0 Å². The molecule has 1 aliphatic rings. The Hall–Kier alpha value is -1.81.